The third kappa shape index (κ3) is 2.34. The highest BCUT2D eigenvalue weighted by Crippen LogP contribution is 2.33. The monoisotopic (exact) mass is 228 g/mol. The van der Waals surface area contributed by atoms with Crippen molar-refractivity contribution in [3.63, 3.8) is 0 Å². The molecule has 0 amide bonds. The van der Waals surface area contributed by atoms with E-state index in [1.54, 1.807) is 0 Å². The van der Waals surface area contributed by atoms with Crippen molar-refractivity contribution in [2.75, 3.05) is 12.5 Å². The first-order valence-electron chi connectivity index (χ1n) is 5.55. The number of aryl methyl sites for hydroxylation is 1. The molecule has 84 valence electrons. The van der Waals surface area contributed by atoms with E-state index in [-0.39, 0.29) is 6.10 Å². The smallest absolute Gasteiger partial charge is 0.0894 e. The molecule has 1 aliphatic heterocycles. The van der Waals surface area contributed by atoms with E-state index in [0.717, 1.165) is 26.0 Å². The quantitative estimate of drug-likeness (QED) is 0.744. The lowest BCUT2D eigenvalue weighted by Crippen LogP contribution is -2.23. The van der Waals surface area contributed by atoms with Crippen LogP contribution in [0.3, 0.4) is 0 Å². The maximum absolute atomic E-state index is 5.96. The zero-order chi connectivity index (χ0) is 10.7. The molecule has 0 spiro atoms. The summed E-state index contributed by atoms with van der Waals surface area (Å²) in [6.45, 7) is 3.82. The predicted molar refractivity (Wildman–Crippen MR) is 60.0 cm³/mol. The number of rotatable bonds is 3. The van der Waals surface area contributed by atoms with Gasteiger partial charge in [0.2, 0.25) is 0 Å². The molecule has 2 heterocycles. The molecule has 1 aromatic heterocycles. The Balaban J connectivity index is 2.12. The van der Waals surface area contributed by atoms with Gasteiger partial charge < -0.3 is 4.74 Å². The van der Waals surface area contributed by atoms with E-state index in [1.807, 2.05) is 10.9 Å². The van der Waals surface area contributed by atoms with Crippen LogP contribution in [0.5, 0.6) is 0 Å². The molecule has 0 saturated carbocycles. The Hall–Kier alpha value is -0.540. The number of alkyl halides is 1. The van der Waals surface area contributed by atoms with Gasteiger partial charge in [0.25, 0.3) is 0 Å². The first-order valence-corrected chi connectivity index (χ1v) is 6.08. The highest BCUT2D eigenvalue weighted by atomic mass is 35.5. The summed E-state index contributed by atoms with van der Waals surface area (Å²) in [6.07, 6.45) is 6.40. The highest BCUT2D eigenvalue weighted by Gasteiger charge is 2.27. The topological polar surface area (TPSA) is 27.1 Å². The van der Waals surface area contributed by atoms with Crippen molar-refractivity contribution >= 4 is 11.6 Å². The van der Waals surface area contributed by atoms with Gasteiger partial charge >= 0.3 is 0 Å². The Kier molecular flexibility index (Phi) is 3.65. The van der Waals surface area contributed by atoms with Gasteiger partial charge in [0.1, 0.15) is 0 Å². The summed E-state index contributed by atoms with van der Waals surface area (Å²) in [5.41, 5.74) is 1.17. The summed E-state index contributed by atoms with van der Waals surface area (Å²) in [5, 5.41) is 4.27. The summed E-state index contributed by atoms with van der Waals surface area (Å²) >= 11 is 5.96. The lowest BCUT2D eigenvalue weighted by atomic mass is 9.93. The second kappa shape index (κ2) is 4.99. The van der Waals surface area contributed by atoms with Gasteiger partial charge in [-0.1, -0.05) is 0 Å². The normalized spacial score (nSPS) is 26.8. The minimum Gasteiger partial charge on any atom is -0.373 e. The van der Waals surface area contributed by atoms with E-state index >= 15 is 0 Å². The third-order valence-electron chi connectivity index (χ3n) is 2.95. The molecule has 0 radical (unpaired) electrons. The number of hydrogen-bond acceptors (Lipinski definition) is 2. The molecule has 1 fully saturated rings. The molecular weight excluding hydrogens is 212 g/mol. The molecule has 0 bridgehead atoms. The molecule has 3 nitrogen and oxygen atoms in total. The molecule has 4 heteroatoms. The fourth-order valence-electron chi connectivity index (χ4n) is 2.07. The average Bonchev–Trinajstić information content (AvgIpc) is 2.77. The molecule has 0 aliphatic carbocycles. The van der Waals surface area contributed by atoms with Crippen molar-refractivity contribution in [2.24, 2.45) is 5.92 Å². The fourth-order valence-corrected chi connectivity index (χ4v) is 2.39. The van der Waals surface area contributed by atoms with Crippen LogP contribution in [0.25, 0.3) is 0 Å². The summed E-state index contributed by atoms with van der Waals surface area (Å²) in [6, 6.07) is 0. The average molecular weight is 229 g/mol. The van der Waals surface area contributed by atoms with E-state index < -0.39 is 0 Å². The van der Waals surface area contributed by atoms with E-state index in [0.29, 0.717) is 11.8 Å². The summed E-state index contributed by atoms with van der Waals surface area (Å²) in [4.78, 5) is 0. The first-order chi connectivity index (χ1) is 7.35. The van der Waals surface area contributed by atoms with Gasteiger partial charge in [0.05, 0.1) is 12.3 Å². The molecule has 0 N–H and O–H groups in total. The minimum absolute atomic E-state index is 0.150. The second-order valence-corrected chi connectivity index (χ2v) is 4.29. The Morgan fingerprint density at radius 3 is 3.20 bits per heavy atom. The van der Waals surface area contributed by atoms with Gasteiger partial charge in [0, 0.05) is 36.7 Å². The van der Waals surface area contributed by atoms with Crippen molar-refractivity contribution in [3.8, 4) is 0 Å². The van der Waals surface area contributed by atoms with Crippen LogP contribution in [-0.2, 0) is 11.3 Å². The molecule has 1 aromatic rings. The number of aromatic nitrogens is 2. The Labute approximate surface area is 95.4 Å². The van der Waals surface area contributed by atoms with Crippen LogP contribution in [0, 0.1) is 5.92 Å². The Bertz CT molecular complexity index is 313. The van der Waals surface area contributed by atoms with E-state index in [2.05, 4.69) is 18.2 Å². The van der Waals surface area contributed by atoms with Crippen molar-refractivity contribution in [3.05, 3.63) is 18.0 Å². The number of hydrogen-bond donors (Lipinski definition) is 0. The molecule has 1 saturated heterocycles. The molecule has 2 atom stereocenters. The maximum Gasteiger partial charge on any atom is 0.0894 e. The Morgan fingerprint density at radius 1 is 1.67 bits per heavy atom. The van der Waals surface area contributed by atoms with Gasteiger partial charge in [-0.3, -0.25) is 4.68 Å². The van der Waals surface area contributed by atoms with Crippen molar-refractivity contribution in [1.82, 2.24) is 9.78 Å². The standard InChI is InChI=1S/C11H17ClN2O/c1-2-14-8-10(7-13-14)11-9(6-12)4-3-5-15-11/h7-9,11H,2-6H2,1H3. The largest absolute Gasteiger partial charge is 0.373 e. The van der Waals surface area contributed by atoms with Crippen LogP contribution < -0.4 is 0 Å². The van der Waals surface area contributed by atoms with Gasteiger partial charge in [-0.05, 0) is 19.8 Å². The third-order valence-corrected chi connectivity index (χ3v) is 3.35. The Morgan fingerprint density at radius 2 is 2.53 bits per heavy atom. The van der Waals surface area contributed by atoms with Gasteiger partial charge in [0.15, 0.2) is 0 Å². The zero-order valence-electron chi connectivity index (χ0n) is 9.03. The molecule has 15 heavy (non-hydrogen) atoms. The minimum atomic E-state index is 0.150. The van der Waals surface area contributed by atoms with Crippen LogP contribution in [0.1, 0.15) is 31.4 Å². The van der Waals surface area contributed by atoms with E-state index in [1.165, 1.54) is 5.56 Å². The van der Waals surface area contributed by atoms with Crippen LogP contribution >= 0.6 is 11.6 Å². The van der Waals surface area contributed by atoms with Crippen molar-refractivity contribution < 1.29 is 4.74 Å². The second-order valence-electron chi connectivity index (χ2n) is 3.98. The van der Waals surface area contributed by atoms with Crippen LogP contribution in [0.2, 0.25) is 0 Å². The summed E-state index contributed by atoms with van der Waals surface area (Å²) in [5.74, 6) is 1.11. The van der Waals surface area contributed by atoms with Crippen LogP contribution in [0.4, 0.5) is 0 Å². The molecular formula is C11H17ClN2O. The number of halogens is 1. The van der Waals surface area contributed by atoms with E-state index in [4.69, 9.17) is 16.3 Å². The summed E-state index contributed by atoms with van der Waals surface area (Å²) < 4.78 is 7.72. The lowest BCUT2D eigenvalue weighted by Gasteiger charge is -2.29. The van der Waals surface area contributed by atoms with Crippen molar-refractivity contribution in [2.45, 2.75) is 32.4 Å². The SMILES string of the molecule is CCn1cc(C2OCCCC2CCl)cn1. The van der Waals surface area contributed by atoms with E-state index in [9.17, 15) is 0 Å². The first kappa shape index (κ1) is 11.0. The molecule has 0 aromatic carbocycles. The predicted octanol–water partition coefficient (Wildman–Crippen LogP) is 2.61. The fraction of sp³-hybridized carbons (Fsp3) is 0.727. The lowest BCUT2D eigenvalue weighted by molar-refractivity contribution is -0.0208. The van der Waals surface area contributed by atoms with Gasteiger partial charge in [-0.15, -0.1) is 11.6 Å². The van der Waals surface area contributed by atoms with Crippen LogP contribution in [-0.4, -0.2) is 22.3 Å². The number of nitrogens with zero attached hydrogens (tertiary/aromatic N) is 2. The molecule has 1 aliphatic rings. The maximum atomic E-state index is 5.96. The zero-order valence-corrected chi connectivity index (χ0v) is 9.78. The van der Waals surface area contributed by atoms with Crippen molar-refractivity contribution in [1.29, 1.82) is 0 Å². The van der Waals surface area contributed by atoms with Crippen LogP contribution in [0.15, 0.2) is 12.4 Å². The molecule has 2 unspecified atom stereocenters. The van der Waals surface area contributed by atoms with Gasteiger partial charge in [-0.25, -0.2) is 0 Å². The number of ether oxygens (including phenoxy) is 1. The van der Waals surface area contributed by atoms with Gasteiger partial charge in [-0.2, -0.15) is 5.10 Å². The highest BCUT2D eigenvalue weighted by molar-refractivity contribution is 6.18. The molecule has 2 rings (SSSR count). The summed E-state index contributed by atoms with van der Waals surface area (Å²) in [7, 11) is 0.